The first kappa shape index (κ1) is 26.9. The summed E-state index contributed by atoms with van der Waals surface area (Å²) in [5.41, 5.74) is 0. The molecule has 0 saturated carbocycles. The van der Waals surface area contributed by atoms with Gasteiger partial charge in [0.2, 0.25) is 5.91 Å². The molecule has 0 radical (unpaired) electrons. The number of carboxylic acids is 1. The Hall–Kier alpha value is -1.06. The molecule has 1 atom stereocenters. The molecular weight excluding hydrogens is 350 g/mol. The largest absolute Gasteiger partial charge is 0.480 e. The first-order chi connectivity index (χ1) is 13.5. The first-order valence-corrected chi connectivity index (χ1v) is 12.0. The summed E-state index contributed by atoms with van der Waals surface area (Å²) in [6.45, 7) is 6.20. The zero-order valence-corrected chi connectivity index (χ0v) is 18.9. The highest BCUT2D eigenvalue weighted by atomic mass is 16.4. The zero-order chi connectivity index (χ0) is 21.0. The van der Waals surface area contributed by atoms with E-state index >= 15 is 0 Å². The molecule has 0 heterocycles. The van der Waals surface area contributed by atoms with Crippen LogP contribution in [-0.2, 0) is 9.59 Å². The summed E-state index contributed by atoms with van der Waals surface area (Å²) in [5, 5.41) is 11.8. The number of carbonyl (C=O) groups excluding carboxylic acids is 1. The monoisotopic (exact) mass is 397 g/mol. The van der Waals surface area contributed by atoms with Crippen LogP contribution in [0.1, 0.15) is 130 Å². The van der Waals surface area contributed by atoms with Crippen molar-refractivity contribution in [3.8, 4) is 0 Å². The lowest BCUT2D eigenvalue weighted by atomic mass is 10.0. The molecule has 0 aliphatic heterocycles. The van der Waals surface area contributed by atoms with E-state index in [1.165, 1.54) is 83.5 Å². The summed E-state index contributed by atoms with van der Waals surface area (Å²) in [7, 11) is 0. The van der Waals surface area contributed by atoms with Crippen LogP contribution in [0.4, 0.5) is 0 Å². The third-order valence-electron chi connectivity index (χ3n) is 5.35. The predicted molar refractivity (Wildman–Crippen MR) is 119 cm³/mol. The topological polar surface area (TPSA) is 66.4 Å². The maximum Gasteiger partial charge on any atom is 0.326 e. The highest BCUT2D eigenvalue weighted by Gasteiger charge is 2.20. The summed E-state index contributed by atoms with van der Waals surface area (Å²) in [4.78, 5) is 23.1. The molecule has 2 N–H and O–H groups in total. The Bertz CT molecular complexity index is 382. The Labute approximate surface area is 174 Å². The fraction of sp³-hybridized carbons (Fsp3) is 0.917. The number of nitrogens with one attached hydrogen (secondary N) is 1. The van der Waals surface area contributed by atoms with Gasteiger partial charge in [0.15, 0.2) is 0 Å². The summed E-state index contributed by atoms with van der Waals surface area (Å²) in [5.74, 6) is -0.798. The summed E-state index contributed by atoms with van der Waals surface area (Å²) >= 11 is 0. The number of hydrogen-bond donors (Lipinski definition) is 2. The van der Waals surface area contributed by atoms with Gasteiger partial charge in [0.05, 0.1) is 0 Å². The molecule has 166 valence electrons. The van der Waals surface area contributed by atoms with Gasteiger partial charge in [-0.3, -0.25) is 4.79 Å². The maximum absolute atomic E-state index is 11.9. The van der Waals surface area contributed by atoms with E-state index in [9.17, 15) is 9.59 Å². The van der Waals surface area contributed by atoms with E-state index in [0.717, 1.165) is 12.8 Å². The lowest BCUT2D eigenvalue weighted by molar-refractivity contribution is -0.142. The minimum absolute atomic E-state index is 0.122. The first-order valence-electron chi connectivity index (χ1n) is 12.0. The van der Waals surface area contributed by atoms with Gasteiger partial charge in [0, 0.05) is 6.42 Å². The van der Waals surface area contributed by atoms with Crippen LogP contribution in [-0.4, -0.2) is 23.0 Å². The van der Waals surface area contributed by atoms with Crippen LogP contribution in [0.15, 0.2) is 0 Å². The van der Waals surface area contributed by atoms with Crippen molar-refractivity contribution in [3.63, 3.8) is 0 Å². The molecule has 0 bridgehead atoms. The van der Waals surface area contributed by atoms with Crippen LogP contribution < -0.4 is 5.32 Å². The maximum atomic E-state index is 11.9. The number of hydrogen-bond acceptors (Lipinski definition) is 2. The van der Waals surface area contributed by atoms with E-state index in [0.29, 0.717) is 12.8 Å². The molecule has 0 unspecified atom stereocenters. The number of amides is 1. The molecule has 0 aliphatic carbocycles. The SMILES string of the molecule is CCCCCCCCCCCCCCCCCC(=O)N[C@@H](CC(C)C)C(=O)O. The van der Waals surface area contributed by atoms with Crippen molar-refractivity contribution in [2.45, 2.75) is 136 Å². The van der Waals surface area contributed by atoms with Crippen molar-refractivity contribution in [1.29, 1.82) is 0 Å². The molecule has 0 aromatic carbocycles. The van der Waals surface area contributed by atoms with Gasteiger partial charge in [-0.1, -0.05) is 111 Å². The van der Waals surface area contributed by atoms with Crippen molar-refractivity contribution >= 4 is 11.9 Å². The average molecular weight is 398 g/mol. The van der Waals surface area contributed by atoms with Gasteiger partial charge >= 0.3 is 5.97 Å². The van der Waals surface area contributed by atoms with Gasteiger partial charge in [0.1, 0.15) is 6.04 Å². The van der Waals surface area contributed by atoms with Gasteiger partial charge in [-0.05, 0) is 18.8 Å². The minimum Gasteiger partial charge on any atom is -0.480 e. The standard InChI is InChI=1S/C24H47NO3/c1-4-5-6-7-8-9-10-11-12-13-14-15-16-17-18-19-23(26)25-22(24(27)28)20-21(2)3/h21-22H,4-20H2,1-3H3,(H,25,26)(H,27,28)/t22-/m0/s1. The van der Waals surface area contributed by atoms with Crippen molar-refractivity contribution < 1.29 is 14.7 Å². The fourth-order valence-electron chi connectivity index (χ4n) is 3.62. The van der Waals surface area contributed by atoms with Crippen LogP contribution in [0.3, 0.4) is 0 Å². The number of aliphatic carboxylic acids is 1. The molecule has 0 aromatic heterocycles. The van der Waals surface area contributed by atoms with Crippen molar-refractivity contribution in [2.75, 3.05) is 0 Å². The predicted octanol–water partition coefficient (Wildman–Crippen LogP) is 6.86. The number of carbonyl (C=O) groups is 2. The van der Waals surface area contributed by atoms with Gasteiger partial charge < -0.3 is 10.4 Å². The smallest absolute Gasteiger partial charge is 0.326 e. The average Bonchev–Trinajstić information content (AvgIpc) is 2.64. The van der Waals surface area contributed by atoms with Crippen LogP contribution in [0.2, 0.25) is 0 Å². The van der Waals surface area contributed by atoms with Crippen LogP contribution in [0.5, 0.6) is 0 Å². The summed E-state index contributed by atoms with van der Waals surface area (Å²) < 4.78 is 0. The molecule has 0 fully saturated rings. The van der Waals surface area contributed by atoms with Gasteiger partial charge in [0.25, 0.3) is 0 Å². The molecule has 28 heavy (non-hydrogen) atoms. The third-order valence-corrected chi connectivity index (χ3v) is 5.35. The molecule has 0 rings (SSSR count). The molecule has 0 spiro atoms. The molecular formula is C24H47NO3. The quantitative estimate of drug-likeness (QED) is 0.220. The molecule has 1 amide bonds. The minimum atomic E-state index is -0.932. The second-order valence-electron chi connectivity index (χ2n) is 8.79. The van der Waals surface area contributed by atoms with E-state index in [-0.39, 0.29) is 11.8 Å². The van der Waals surface area contributed by atoms with Crippen LogP contribution >= 0.6 is 0 Å². The fourth-order valence-corrected chi connectivity index (χ4v) is 3.62. The summed E-state index contributed by atoms with van der Waals surface area (Å²) in [6.07, 6.45) is 20.5. The van der Waals surface area contributed by atoms with Crippen molar-refractivity contribution in [3.05, 3.63) is 0 Å². The lowest BCUT2D eigenvalue weighted by Crippen LogP contribution is -2.41. The number of unbranched alkanes of at least 4 members (excludes halogenated alkanes) is 14. The highest BCUT2D eigenvalue weighted by molar-refractivity contribution is 5.83. The number of carboxylic acid groups (broad SMARTS) is 1. The second-order valence-corrected chi connectivity index (χ2v) is 8.79. The Morgan fingerprint density at radius 1 is 0.714 bits per heavy atom. The molecule has 0 aliphatic rings. The van der Waals surface area contributed by atoms with E-state index in [2.05, 4.69) is 12.2 Å². The summed E-state index contributed by atoms with van der Waals surface area (Å²) in [6, 6.07) is -0.746. The lowest BCUT2D eigenvalue weighted by Gasteiger charge is -2.16. The second kappa shape index (κ2) is 19.3. The van der Waals surface area contributed by atoms with Crippen molar-refractivity contribution in [1.82, 2.24) is 5.32 Å². The van der Waals surface area contributed by atoms with E-state index < -0.39 is 12.0 Å². The van der Waals surface area contributed by atoms with Crippen LogP contribution in [0.25, 0.3) is 0 Å². The van der Waals surface area contributed by atoms with Crippen molar-refractivity contribution in [2.24, 2.45) is 5.92 Å². The third kappa shape index (κ3) is 18.3. The van der Waals surface area contributed by atoms with Gasteiger partial charge in [-0.2, -0.15) is 0 Å². The molecule has 4 nitrogen and oxygen atoms in total. The van der Waals surface area contributed by atoms with E-state index in [4.69, 9.17) is 5.11 Å². The van der Waals surface area contributed by atoms with Gasteiger partial charge in [-0.25, -0.2) is 4.79 Å². The van der Waals surface area contributed by atoms with Gasteiger partial charge in [-0.15, -0.1) is 0 Å². The van der Waals surface area contributed by atoms with Crippen LogP contribution in [0, 0.1) is 5.92 Å². The number of rotatable bonds is 20. The molecule has 0 saturated heterocycles. The van der Waals surface area contributed by atoms with E-state index in [1.54, 1.807) is 0 Å². The molecule has 4 heteroatoms. The molecule has 0 aromatic rings. The Balaban J connectivity index is 3.40. The normalized spacial score (nSPS) is 12.3. The zero-order valence-electron chi connectivity index (χ0n) is 18.9. The highest BCUT2D eigenvalue weighted by Crippen LogP contribution is 2.14. The Kier molecular flexibility index (Phi) is 18.5. The Morgan fingerprint density at radius 2 is 1.11 bits per heavy atom. The van der Waals surface area contributed by atoms with E-state index in [1.807, 2.05) is 13.8 Å². The Morgan fingerprint density at radius 3 is 1.46 bits per heavy atom.